The van der Waals surface area contributed by atoms with Crippen molar-refractivity contribution in [3.63, 3.8) is 0 Å². The van der Waals surface area contributed by atoms with Gasteiger partial charge in [-0.2, -0.15) is 0 Å². The standard InChI is InChI=1S/C18H17N3O4/c1-11-6-7-14(15(22)8-11)20-17(24)13-5-3-2-4-12(13)10-21-16(23)9-19-18(21)25/h2-8,22H,9-10H2,1H3,(H,19,25)(H,20,24). The monoisotopic (exact) mass is 339 g/mol. The van der Waals surface area contributed by atoms with E-state index in [1.807, 2.05) is 6.92 Å². The summed E-state index contributed by atoms with van der Waals surface area (Å²) in [6.45, 7) is 1.80. The van der Waals surface area contributed by atoms with E-state index in [0.29, 0.717) is 16.8 Å². The second-order valence-corrected chi connectivity index (χ2v) is 5.77. The molecular formula is C18H17N3O4. The molecule has 1 saturated heterocycles. The maximum absolute atomic E-state index is 12.6. The molecule has 0 spiro atoms. The number of imide groups is 1. The maximum Gasteiger partial charge on any atom is 0.324 e. The quantitative estimate of drug-likeness (QED) is 0.586. The van der Waals surface area contributed by atoms with E-state index in [0.717, 1.165) is 10.5 Å². The summed E-state index contributed by atoms with van der Waals surface area (Å²) in [7, 11) is 0. The number of amides is 4. The van der Waals surface area contributed by atoms with Crippen molar-refractivity contribution in [3.8, 4) is 5.75 Å². The molecule has 1 fully saturated rings. The lowest BCUT2D eigenvalue weighted by atomic mass is 10.1. The van der Waals surface area contributed by atoms with Crippen LogP contribution in [-0.4, -0.2) is 34.4 Å². The van der Waals surface area contributed by atoms with Gasteiger partial charge in [-0.15, -0.1) is 0 Å². The van der Waals surface area contributed by atoms with Gasteiger partial charge >= 0.3 is 6.03 Å². The molecule has 4 amide bonds. The first kappa shape index (κ1) is 16.5. The average Bonchev–Trinajstić information content (AvgIpc) is 2.90. The van der Waals surface area contributed by atoms with Gasteiger partial charge in [0, 0.05) is 5.56 Å². The van der Waals surface area contributed by atoms with Gasteiger partial charge in [-0.3, -0.25) is 14.5 Å². The zero-order valence-electron chi connectivity index (χ0n) is 13.6. The van der Waals surface area contributed by atoms with Crippen LogP contribution >= 0.6 is 0 Å². The van der Waals surface area contributed by atoms with Gasteiger partial charge in [0.2, 0.25) is 5.91 Å². The Morgan fingerprint density at radius 1 is 1.24 bits per heavy atom. The number of rotatable bonds is 4. The fourth-order valence-electron chi connectivity index (χ4n) is 2.60. The summed E-state index contributed by atoms with van der Waals surface area (Å²) < 4.78 is 0. The molecule has 128 valence electrons. The lowest BCUT2D eigenvalue weighted by molar-refractivity contribution is -0.125. The van der Waals surface area contributed by atoms with Crippen molar-refractivity contribution in [3.05, 3.63) is 59.2 Å². The number of hydrogen-bond donors (Lipinski definition) is 3. The van der Waals surface area contributed by atoms with Gasteiger partial charge in [0.05, 0.1) is 18.8 Å². The molecule has 1 aliphatic rings. The van der Waals surface area contributed by atoms with Crippen LogP contribution in [0.25, 0.3) is 0 Å². The molecule has 3 N–H and O–H groups in total. The molecule has 0 unspecified atom stereocenters. The van der Waals surface area contributed by atoms with E-state index in [-0.39, 0.29) is 24.7 Å². The number of urea groups is 1. The van der Waals surface area contributed by atoms with Crippen LogP contribution in [0.1, 0.15) is 21.5 Å². The van der Waals surface area contributed by atoms with Gasteiger partial charge in [-0.05, 0) is 36.2 Å². The molecule has 0 atom stereocenters. The fraction of sp³-hybridized carbons (Fsp3) is 0.167. The van der Waals surface area contributed by atoms with Crippen LogP contribution in [0.4, 0.5) is 10.5 Å². The number of carbonyl (C=O) groups is 3. The van der Waals surface area contributed by atoms with Gasteiger partial charge < -0.3 is 15.7 Å². The lowest BCUT2D eigenvalue weighted by Crippen LogP contribution is -2.31. The number of hydrogen-bond acceptors (Lipinski definition) is 4. The van der Waals surface area contributed by atoms with Crippen molar-refractivity contribution in [2.24, 2.45) is 0 Å². The molecule has 2 aromatic carbocycles. The summed E-state index contributed by atoms with van der Waals surface area (Å²) in [5, 5.41) is 15.0. The summed E-state index contributed by atoms with van der Waals surface area (Å²) >= 11 is 0. The Morgan fingerprint density at radius 3 is 2.68 bits per heavy atom. The van der Waals surface area contributed by atoms with Crippen molar-refractivity contribution in [1.29, 1.82) is 0 Å². The van der Waals surface area contributed by atoms with E-state index < -0.39 is 11.9 Å². The van der Waals surface area contributed by atoms with E-state index in [9.17, 15) is 19.5 Å². The Labute approximate surface area is 144 Å². The molecule has 7 nitrogen and oxygen atoms in total. The molecule has 25 heavy (non-hydrogen) atoms. The minimum atomic E-state index is -0.476. The van der Waals surface area contributed by atoms with E-state index in [1.165, 1.54) is 0 Å². The Morgan fingerprint density at radius 2 is 2.00 bits per heavy atom. The molecule has 3 rings (SSSR count). The fourth-order valence-corrected chi connectivity index (χ4v) is 2.60. The van der Waals surface area contributed by atoms with E-state index in [4.69, 9.17) is 0 Å². The molecule has 1 heterocycles. The molecule has 0 aliphatic carbocycles. The van der Waals surface area contributed by atoms with Crippen LogP contribution in [-0.2, 0) is 11.3 Å². The number of aromatic hydroxyl groups is 1. The Hall–Kier alpha value is -3.35. The maximum atomic E-state index is 12.6. The first-order chi connectivity index (χ1) is 12.0. The van der Waals surface area contributed by atoms with Crippen molar-refractivity contribution in [1.82, 2.24) is 10.2 Å². The Balaban J connectivity index is 1.83. The first-order valence-electron chi connectivity index (χ1n) is 7.73. The number of nitrogens with zero attached hydrogens (tertiary/aromatic N) is 1. The van der Waals surface area contributed by atoms with E-state index >= 15 is 0 Å². The third-order valence-electron chi connectivity index (χ3n) is 3.93. The topological polar surface area (TPSA) is 98.7 Å². The molecule has 0 aromatic heterocycles. The van der Waals surface area contributed by atoms with Gasteiger partial charge in [0.15, 0.2) is 0 Å². The largest absolute Gasteiger partial charge is 0.506 e. The molecule has 1 aliphatic heterocycles. The average molecular weight is 339 g/mol. The van der Waals surface area contributed by atoms with Crippen LogP contribution in [0.5, 0.6) is 5.75 Å². The van der Waals surface area contributed by atoms with E-state index in [2.05, 4.69) is 10.6 Å². The normalized spacial score (nSPS) is 13.7. The van der Waals surface area contributed by atoms with Crippen molar-refractivity contribution in [2.45, 2.75) is 13.5 Å². The predicted molar refractivity (Wildman–Crippen MR) is 91.2 cm³/mol. The zero-order valence-corrected chi connectivity index (χ0v) is 13.6. The number of anilines is 1. The number of nitrogens with one attached hydrogen (secondary N) is 2. The summed E-state index contributed by atoms with van der Waals surface area (Å²) in [6.07, 6.45) is 0. The summed E-state index contributed by atoms with van der Waals surface area (Å²) in [4.78, 5) is 37.1. The highest BCUT2D eigenvalue weighted by atomic mass is 16.3. The third kappa shape index (κ3) is 3.45. The summed E-state index contributed by atoms with van der Waals surface area (Å²) in [6, 6.07) is 11.2. The van der Waals surface area contributed by atoms with Gasteiger partial charge in [0.1, 0.15) is 5.75 Å². The number of phenols is 1. The van der Waals surface area contributed by atoms with Crippen molar-refractivity contribution < 1.29 is 19.5 Å². The van der Waals surface area contributed by atoms with E-state index in [1.54, 1.807) is 42.5 Å². The summed E-state index contributed by atoms with van der Waals surface area (Å²) in [5.41, 5.74) is 2.03. The van der Waals surface area contributed by atoms with Crippen molar-refractivity contribution in [2.75, 3.05) is 11.9 Å². The minimum absolute atomic E-state index is 0.00808. The number of benzene rings is 2. The molecule has 0 bridgehead atoms. The summed E-state index contributed by atoms with van der Waals surface area (Å²) in [5.74, 6) is -0.793. The zero-order chi connectivity index (χ0) is 18.0. The molecule has 0 saturated carbocycles. The Kier molecular flexibility index (Phi) is 4.38. The second-order valence-electron chi connectivity index (χ2n) is 5.77. The van der Waals surface area contributed by atoms with Crippen LogP contribution < -0.4 is 10.6 Å². The molecule has 0 radical (unpaired) electrons. The SMILES string of the molecule is Cc1ccc(NC(=O)c2ccccc2CN2C(=O)CNC2=O)c(O)c1. The minimum Gasteiger partial charge on any atom is -0.506 e. The Bertz CT molecular complexity index is 847. The highest BCUT2D eigenvalue weighted by molar-refractivity contribution is 6.06. The number of aryl methyl sites for hydroxylation is 1. The molecular weight excluding hydrogens is 322 g/mol. The number of carbonyl (C=O) groups excluding carboxylic acids is 3. The van der Waals surface area contributed by atoms with Crippen LogP contribution in [0, 0.1) is 6.92 Å². The van der Waals surface area contributed by atoms with Crippen LogP contribution in [0.15, 0.2) is 42.5 Å². The number of phenolic OH excluding ortho intramolecular Hbond substituents is 1. The smallest absolute Gasteiger partial charge is 0.324 e. The first-order valence-corrected chi connectivity index (χ1v) is 7.73. The van der Waals surface area contributed by atoms with Crippen molar-refractivity contribution >= 4 is 23.5 Å². The van der Waals surface area contributed by atoms with Gasteiger partial charge in [-0.1, -0.05) is 24.3 Å². The highest BCUT2D eigenvalue weighted by Gasteiger charge is 2.29. The lowest BCUT2D eigenvalue weighted by Gasteiger charge is -2.16. The molecule has 2 aromatic rings. The predicted octanol–water partition coefficient (Wildman–Crippen LogP) is 2.00. The van der Waals surface area contributed by atoms with Gasteiger partial charge in [0.25, 0.3) is 5.91 Å². The van der Waals surface area contributed by atoms with Gasteiger partial charge in [-0.25, -0.2) is 4.79 Å². The highest BCUT2D eigenvalue weighted by Crippen LogP contribution is 2.25. The third-order valence-corrected chi connectivity index (χ3v) is 3.93. The van der Waals surface area contributed by atoms with Crippen LogP contribution in [0.3, 0.4) is 0 Å². The van der Waals surface area contributed by atoms with Crippen LogP contribution in [0.2, 0.25) is 0 Å². The molecule has 7 heteroatoms. The second kappa shape index (κ2) is 6.64.